The number of rotatable bonds is 7. The van der Waals surface area contributed by atoms with Crippen molar-refractivity contribution in [2.75, 3.05) is 13.1 Å². The number of hydrogen-bond acceptors (Lipinski definition) is 4. The molecule has 2 heterocycles. The number of aromatic nitrogens is 1. The first-order valence-corrected chi connectivity index (χ1v) is 10.8. The molecule has 0 saturated carbocycles. The summed E-state index contributed by atoms with van der Waals surface area (Å²) < 4.78 is 0. The molecule has 7 heteroatoms. The first-order chi connectivity index (χ1) is 13.2. The molecule has 1 saturated heterocycles. The molecule has 0 aliphatic carbocycles. The van der Waals surface area contributed by atoms with Crippen molar-refractivity contribution in [1.82, 2.24) is 20.5 Å². The average Bonchev–Trinajstić information content (AvgIpc) is 3.27. The number of nitrogens with one attached hydrogen (secondary N) is 2. The minimum Gasteiger partial charge on any atom is -0.357 e. The molecule has 2 aromatic rings. The molecule has 2 unspecified atom stereocenters. The first-order valence-electron chi connectivity index (χ1n) is 9.94. The second-order valence-corrected chi connectivity index (χ2v) is 8.31. The molecule has 0 spiro atoms. The van der Waals surface area contributed by atoms with Crippen LogP contribution in [0.15, 0.2) is 41.5 Å². The summed E-state index contributed by atoms with van der Waals surface area (Å²) in [5, 5.41) is 8.08. The summed E-state index contributed by atoms with van der Waals surface area (Å²) in [6.07, 6.45) is 4.14. The van der Waals surface area contributed by atoms with Crippen LogP contribution in [-0.4, -0.2) is 41.0 Å². The maximum absolute atomic E-state index is 4.75. The van der Waals surface area contributed by atoms with Gasteiger partial charge in [-0.25, -0.2) is 9.98 Å². The Balaban J connectivity index is 0.00000280. The topological polar surface area (TPSA) is 52.6 Å². The molecule has 2 atom stereocenters. The zero-order valence-electron chi connectivity index (χ0n) is 17.0. The van der Waals surface area contributed by atoms with Gasteiger partial charge in [0.25, 0.3) is 0 Å². The molecule has 2 N–H and O–H groups in total. The van der Waals surface area contributed by atoms with Gasteiger partial charge in [0.15, 0.2) is 5.96 Å². The largest absolute Gasteiger partial charge is 0.357 e. The fourth-order valence-corrected chi connectivity index (χ4v) is 4.27. The van der Waals surface area contributed by atoms with E-state index in [1.807, 2.05) is 6.20 Å². The number of benzene rings is 1. The maximum atomic E-state index is 4.75. The monoisotopic (exact) mass is 513 g/mol. The Labute approximate surface area is 190 Å². The number of halogens is 1. The number of aliphatic imine (C=N–C) groups is 1. The predicted octanol–water partition coefficient (Wildman–Crippen LogP) is 4.04. The van der Waals surface area contributed by atoms with Crippen LogP contribution in [0.25, 0.3) is 0 Å². The summed E-state index contributed by atoms with van der Waals surface area (Å²) in [7, 11) is 0. The molecule has 1 aliphatic rings. The SMILES string of the molecule is CCNC(=NCc1ncc(CC)s1)NC1CC(C)N(Cc2ccccc2)C1.I. The minimum absolute atomic E-state index is 0. The zero-order valence-corrected chi connectivity index (χ0v) is 20.2. The van der Waals surface area contributed by atoms with E-state index >= 15 is 0 Å². The summed E-state index contributed by atoms with van der Waals surface area (Å²) in [6, 6.07) is 11.7. The Bertz CT molecular complexity index is 733. The van der Waals surface area contributed by atoms with Crippen LogP contribution in [0.4, 0.5) is 0 Å². The molecule has 5 nitrogen and oxygen atoms in total. The van der Waals surface area contributed by atoms with Crippen LogP contribution < -0.4 is 10.6 Å². The highest BCUT2D eigenvalue weighted by Crippen LogP contribution is 2.20. The van der Waals surface area contributed by atoms with E-state index in [1.54, 1.807) is 11.3 Å². The van der Waals surface area contributed by atoms with Crippen molar-refractivity contribution in [1.29, 1.82) is 0 Å². The Hall–Kier alpha value is -1.19. The highest BCUT2D eigenvalue weighted by atomic mass is 127. The molecule has 1 fully saturated rings. The summed E-state index contributed by atoms with van der Waals surface area (Å²) in [5.41, 5.74) is 1.38. The van der Waals surface area contributed by atoms with Gasteiger partial charge in [-0.3, -0.25) is 4.90 Å². The van der Waals surface area contributed by atoms with Gasteiger partial charge in [-0.15, -0.1) is 35.3 Å². The third-order valence-corrected chi connectivity index (χ3v) is 6.07. The van der Waals surface area contributed by atoms with E-state index < -0.39 is 0 Å². The Morgan fingerprint density at radius 2 is 2.07 bits per heavy atom. The predicted molar refractivity (Wildman–Crippen MR) is 130 cm³/mol. The van der Waals surface area contributed by atoms with Gasteiger partial charge < -0.3 is 10.6 Å². The van der Waals surface area contributed by atoms with Gasteiger partial charge in [0.2, 0.25) is 0 Å². The summed E-state index contributed by atoms with van der Waals surface area (Å²) in [6.45, 7) is 10.1. The van der Waals surface area contributed by atoms with Crippen LogP contribution in [0.3, 0.4) is 0 Å². The molecule has 1 aromatic carbocycles. The minimum atomic E-state index is 0. The summed E-state index contributed by atoms with van der Waals surface area (Å²) >= 11 is 1.76. The van der Waals surface area contributed by atoms with Crippen LogP contribution in [0.1, 0.15) is 42.6 Å². The van der Waals surface area contributed by atoms with E-state index in [1.165, 1.54) is 10.4 Å². The number of hydrogen-bond donors (Lipinski definition) is 2. The number of thiazole rings is 1. The van der Waals surface area contributed by atoms with Crippen LogP contribution in [0.2, 0.25) is 0 Å². The maximum Gasteiger partial charge on any atom is 0.191 e. The van der Waals surface area contributed by atoms with Crippen molar-refractivity contribution in [3.8, 4) is 0 Å². The van der Waals surface area contributed by atoms with Crippen LogP contribution in [0.5, 0.6) is 0 Å². The number of aryl methyl sites for hydroxylation is 1. The van der Waals surface area contributed by atoms with Crippen molar-refractivity contribution >= 4 is 41.3 Å². The molecule has 3 rings (SSSR count). The molecule has 28 heavy (non-hydrogen) atoms. The lowest BCUT2D eigenvalue weighted by Gasteiger charge is -2.21. The van der Waals surface area contributed by atoms with Crippen LogP contribution >= 0.6 is 35.3 Å². The van der Waals surface area contributed by atoms with Gasteiger partial charge in [-0.2, -0.15) is 0 Å². The van der Waals surface area contributed by atoms with Crippen molar-refractivity contribution in [3.63, 3.8) is 0 Å². The Morgan fingerprint density at radius 1 is 1.29 bits per heavy atom. The smallest absolute Gasteiger partial charge is 0.191 e. The lowest BCUT2D eigenvalue weighted by atomic mass is 10.2. The second kappa shape index (κ2) is 11.7. The third kappa shape index (κ3) is 6.70. The molecular weight excluding hydrogens is 481 g/mol. The summed E-state index contributed by atoms with van der Waals surface area (Å²) in [4.78, 5) is 13.1. The number of nitrogens with zero attached hydrogens (tertiary/aromatic N) is 3. The van der Waals surface area contributed by atoms with Crippen molar-refractivity contribution in [2.24, 2.45) is 4.99 Å². The quantitative estimate of drug-likeness (QED) is 0.334. The molecule has 0 amide bonds. The fourth-order valence-electron chi connectivity index (χ4n) is 3.49. The van der Waals surface area contributed by atoms with Gasteiger partial charge in [0.1, 0.15) is 5.01 Å². The summed E-state index contributed by atoms with van der Waals surface area (Å²) in [5.74, 6) is 0.893. The standard InChI is InChI=1S/C21H31N5S.HI/c1-4-19-12-23-20(27-19)13-24-21(22-5-2)25-18-11-16(3)26(15-18)14-17-9-7-6-8-10-17;/h6-10,12,16,18H,4-5,11,13-15H2,1-3H3,(H2,22,24,25);1H. The van der Waals surface area contributed by atoms with Crippen LogP contribution in [0, 0.1) is 0 Å². The van der Waals surface area contributed by atoms with Gasteiger partial charge >= 0.3 is 0 Å². The fraction of sp³-hybridized carbons (Fsp3) is 0.524. The number of guanidine groups is 1. The molecule has 1 aliphatic heterocycles. The first kappa shape index (κ1) is 23.1. The van der Waals surface area contributed by atoms with E-state index in [-0.39, 0.29) is 24.0 Å². The average molecular weight is 513 g/mol. The van der Waals surface area contributed by atoms with E-state index in [0.717, 1.165) is 43.4 Å². The molecule has 1 aromatic heterocycles. The van der Waals surface area contributed by atoms with Crippen LogP contribution in [-0.2, 0) is 19.5 Å². The van der Waals surface area contributed by atoms with E-state index in [4.69, 9.17) is 4.99 Å². The highest BCUT2D eigenvalue weighted by molar-refractivity contribution is 14.0. The van der Waals surface area contributed by atoms with Gasteiger partial charge in [-0.05, 0) is 32.3 Å². The second-order valence-electron chi connectivity index (χ2n) is 7.11. The number of likely N-dealkylation sites (tertiary alicyclic amines) is 1. The normalized spacial score (nSPS) is 20.0. The van der Waals surface area contributed by atoms with E-state index in [0.29, 0.717) is 18.6 Å². The van der Waals surface area contributed by atoms with Gasteiger partial charge in [0.05, 0.1) is 6.54 Å². The molecule has 154 valence electrons. The van der Waals surface area contributed by atoms with Gasteiger partial charge in [0, 0.05) is 42.8 Å². The molecule has 0 bridgehead atoms. The lowest BCUT2D eigenvalue weighted by molar-refractivity contribution is 0.258. The zero-order chi connectivity index (χ0) is 19.1. The highest BCUT2D eigenvalue weighted by Gasteiger charge is 2.29. The van der Waals surface area contributed by atoms with Gasteiger partial charge in [-0.1, -0.05) is 37.3 Å². The molecular formula is C21H32IN5S. The Kier molecular flexibility index (Phi) is 9.67. The Morgan fingerprint density at radius 3 is 2.75 bits per heavy atom. The van der Waals surface area contributed by atoms with Crippen molar-refractivity contribution in [3.05, 3.63) is 52.0 Å². The lowest BCUT2D eigenvalue weighted by Crippen LogP contribution is -2.44. The van der Waals surface area contributed by atoms with E-state index in [2.05, 4.69) is 71.6 Å². The van der Waals surface area contributed by atoms with E-state index in [9.17, 15) is 0 Å². The third-order valence-electron chi connectivity index (χ3n) is 4.94. The van der Waals surface area contributed by atoms with Crippen molar-refractivity contribution < 1.29 is 0 Å². The van der Waals surface area contributed by atoms with Crippen molar-refractivity contribution in [2.45, 2.75) is 58.8 Å². The molecule has 0 radical (unpaired) electrons.